The molecule has 2 N–H and O–H groups in total. The van der Waals surface area contributed by atoms with Crippen molar-refractivity contribution in [1.82, 2.24) is 0 Å². The molecule has 0 bridgehead atoms. The number of sulfonamides is 1. The van der Waals surface area contributed by atoms with Crippen molar-refractivity contribution in [2.75, 3.05) is 23.4 Å². The Bertz CT molecular complexity index is 1160. The van der Waals surface area contributed by atoms with Crippen molar-refractivity contribution in [3.63, 3.8) is 0 Å². The van der Waals surface area contributed by atoms with Crippen LogP contribution in [0.25, 0.3) is 0 Å². The minimum absolute atomic E-state index is 0.0112. The van der Waals surface area contributed by atoms with E-state index in [1.807, 2.05) is 31.4 Å². The van der Waals surface area contributed by atoms with Crippen molar-refractivity contribution in [2.24, 2.45) is 0 Å². The van der Waals surface area contributed by atoms with Crippen LogP contribution in [0.3, 0.4) is 0 Å². The molecule has 0 aliphatic carbocycles. The van der Waals surface area contributed by atoms with Crippen molar-refractivity contribution < 1.29 is 17.9 Å². The van der Waals surface area contributed by atoms with Gasteiger partial charge >= 0.3 is 0 Å². The van der Waals surface area contributed by atoms with Gasteiger partial charge in [0.1, 0.15) is 5.75 Å². The van der Waals surface area contributed by atoms with Crippen LogP contribution >= 0.6 is 11.8 Å². The summed E-state index contributed by atoms with van der Waals surface area (Å²) >= 11 is 1.52. The maximum atomic E-state index is 12.9. The molecule has 0 unspecified atom stereocenters. The van der Waals surface area contributed by atoms with Gasteiger partial charge in [0.2, 0.25) is 0 Å². The van der Waals surface area contributed by atoms with E-state index in [1.165, 1.54) is 37.1 Å². The molecule has 0 aliphatic heterocycles. The third kappa shape index (κ3) is 5.14. The van der Waals surface area contributed by atoms with Gasteiger partial charge in [0, 0.05) is 16.1 Å². The molecule has 0 fully saturated rings. The molecule has 3 rings (SSSR count). The summed E-state index contributed by atoms with van der Waals surface area (Å²) in [4.78, 5) is 13.5. The Morgan fingerprint density at radius 3 is 2.40 bits per heavy atom. The van der Waals surface area contributed by atoms with Crippen molar-refractivity contribution in [3.8, 4) is 5.75 Å². The molecule has 0 heterocycles. The Morgan fingerprint density at radius 2 is 1.73 bits per heavy atom. The maximum absolute atomic E-state index is 12.9. The van der Waals surface area contributed by atoms with Crippen LogP contribution in [-0.4, -0.2) is 27.7 Å². The van der Waals surface area contributed by atoms with Crippen LogP contribution in [0.4, 0.5) is 11.4 Å². The van der Waals surface area contributed by atoms with Crippen molar-refractivity contribution in [3.05, 3.63) is 77.9 Å². The molecule has 3 aromatic rings. The van der Waals surface area contributed by atoms with Gasteiger partial charge in [-0.3, -0.25) is 9.52 Å². The molecule has 0 atom stereocenters. The van der Waals surface area contributed by atoms with Crippen LogP contribution in [0, 0.1) is 6.92 Å². The summed E-state index contributed by atoms with van der Waals surface area (Å²) in [6.07, 6.45) is 1.92. The SMILES string of the molecule is COc1ccc(S(=O)(=O)Nc2cccc(SC)c2)cc1NC(=O)c1ccc(C)cc1. The van der Waals surface area contributed by atoms with E-state index in [9.17, 15) is 13.2 Å². The highest BCUT2D eigenvalue weighted by Crippen LogP contribution is 2.29. The molecule has 156 valence electrons. The molecule has 0 aliphatic rings. The number of hydrogen-bond acceptors (Lipinski definition) is 5. The van der Waals surface area contributed by atoms with Crippen LogP contribution in [0.5, 0.6) is 5.75 Å². The molecule has 30 heavy (non-hydrogen) atoms. The summed E-state index contributed by atoms with van der Waals surface area (Å²) in [6.45, 7) is 1.93. The van der Waals surface area contributed by atoms with Gasteiger partial charge in [-0.2, -0.15) is 0 Å². The first kappa shape index (κ1) is 21.7. The van der Waals surface area contributed by atoms with Gasteiger partial charge in [-0.05, 0) is 61.7 Å². The number of rotatable bonds is 7. The van der Waals surface area contributed by atoms with Crippen molar-refractivity contribution in [1.29, 1.82) is 0 Å². The fourth-order valence-corrected chi connectivity index (χ4v) is 4.29. The van der Waals surface area contributed by atoms with Gasteiger partial charge in [-0.1, -0.05) is 23.8 Å². The highest BCUT2D eigenvalue weighted by Gasteiger charge is 2.18. The first-order valence-electron chi connectivity index (χ1n) is 9.05. The Labute approximate surface area is 180 Å². The van der Waals surface area contributed by atoms with E-state index in [0.717, 1.165) is 10.5 Å². The molecule has 6 nitrogen and oxygen atoms in total. The number of amides is 1. The summed E-state index contributed by atoms with van der Waals surface area (Å²) in [5.74, 6) is 0.00210. The largest absolute Gasteiger partial charge is 0.495 e. The van der Waals surface area contributed by atoms with Crippen molar-refractivity contribution >= 4 is 39.1 Å². The smallest absolute Gasteiger partial charge is 0.261 e. The molecule has 1 amide bonds. The number of anilines is 2. The van der Waals surface area contributed by atoms with Crippen LogP contribution in [0.1, 0.15) is 15.9 Å². The first-order chi connectivity index (χ1) is 14.3. The van der Waals surface area contributed by atoms with Crippen LogP contribution in [-0.2, 0) is 10.0 Å². The van der Waals surface area contributed by atoms with E-state index in [-0.39, 0.29) is 16.5 Å². The zero-order valence-corrected chi connectivity index (χ0v) is 18.4. The first-order valence-corrected chi connectivity index (χ1v) is 11.8. The summed E-state index contributed by atoms with van der Waals surface area (Å²) in [7, 11) is -2.40. The topological polar surface area (TPSA) is 84.5 Å². The second kappa shape index (κ2) is 9.23. The standard InChI is InChI=1S/C22H22N2O4S2/c1-15-7-9-16(10-8-15)22(25)23-20-14-19(11-12-21(20)28-2)30(26,27)24-17-5-4-6-18(13-17)29-3/h4-14,24H,1-3H3,(H,23,25). The molecule has 0 saturated carbocycles. The zero-order chi connectivity index (χ0) is 21.7. The van der Waals surface area contributed by atoms with Gasteiger partial charge in [-0.15, -0.1) is 11.8 Å². The molecule has 0 saturated heterocycles. The number of nitrogens with one attached hydrogen (secondary N) is 2. The van der Waals surface area contributed by atoms with E-state index in [1.54, 1.807) is 30.3 Å². The van der Waals surface area contributed by atoms with Crippen LogP contribution < -0.4 is 14.8 Å². The van der Waals surface area contributed by atoms with E-state index in [0.29, 0.717) is 17.0 Å². The quantitative estimate of drug-likeness (QED) is 0.515. The Kier molecular flexibility index (Phi) is 6.69. The predicted octanol–water partition coefficient (Wildman–Crippen LogP) is 4.78. The van der Waals surface area contributed by atoms with Gasteiger partial charge in [0.15, 0.2) is 0 Å². The lowest BCUT2D eigenvalue weighted by molar-refractivity contribution is 0.102. The summed E-state index contributed by atoms with van der Waals surface area (Å²) in [6, 6.07) is 18.5. The summed E-state index contributed by atoms with van der Waals surface area (Å²) in [5, 5.41) is 2.73. The summed E-state index contributed by atoms with van der Waals surface area (Å²) in [5.41, 5.74) is 2.23. The number of hydrogen-bond donors (Lipinski definition) is 2. The van der Waals surface area contributed by atoms with Gasteiger partial charge in [0.05, 0.1) is 17.7 Å². The number of thioether (sulfide) groups is 1. The number of ether oxygens (including phenoxy) is 1. The van der Waals surface area contributed by atoms with Gasteiger partial charge < -0.3 is 10.1 Å². The maximum Gasteiger partial charge on any atom is 0.261 e. The fraction of sp³-hybridized carbons (Fsp3) is 0.136. The average molecular weight is 443 g/mol. The molecule has 3 aromatic carbocycles. The molecule has 8 heteroatoms. The van der Waals surface area contributed by atoms with E-state index in [2.05, 4.69) is 10.0 Å². The molecular weight excluding hydrogens is 420 g/mol. The van der Waals surface area contributed by atoms with Crippen LogP contribution in [0.2, 0.25) is 0 Å². The lowest BCUT2D eigenvalue weighted by Gasteiger charge is -2.14. The number of carbonyl (C=O) groups excluding carboxylic acids is 1. The fourth-order valence-electron chi connectivity index (χ4n) is 2.75. The second-order valence-corrected chi connectivity index (χ2v) is 9.08. The second-order valence-electron chi connectivity index (χ2n) is 6.52. The van der Waals surface area contributed by atoms with Crippen LogP contribution in [0.15, 0.2) is 76.5 Å². The monoisotopic (exact) mass is 442 g/mol. The highest BCUT2D eigenvalue weighted by atomic mass is 32.2. The van der Waals surface area contributed by atoms with E-state index in [4.69, 9.17) is 4.74 Å². The van der Waals surface area contributed by atoms with E-state index >= 15 is 0 Å². The van der Waals surface area contributed by atoms with Gasteiger partial charge in [-0.25, -0.2) is 8.42 Å². The normalized spacial score (nSPS) is 11.0. The Balaban J connectivity index is 1.89. The number of carbonyl (C=O) groups is 1. The number of aryl methyl sites for hydroxylation is 1. The predicted molar refractivity (Wildman–Crippen MR) is 121 cm³/mol. The molecule has 0 spiro atoms. The number of benzene rings is 3. The zero-order valence-electron chi connectivity index (χ0n) is 16.8. The minimum atomic E-state index is -3.86. The third-order valence-electron chi connectivity index (χ3n) is 4.37. The highest BCUT2D eigenvalue weighted by molar-refractivity contribution is 7.98. The van der Waals surface area contributed by atoms with Crippen molar-refractivity contribution in [2.45, 2.75) is 16.7 Å². The third-order valence-corrected chi connectivity index (χ3v) is 6.47. The Hall–Kier alpha value is -2.97. The molecule has 0 aromatic heterocycles. The molecule has 0 radical (unpaired) electrons. The summed E-state index contributed by atoms with van der Waals surface area (Å²) < 4.78 is 33.6. The molecular formula is C22H22N2O4S2. The lowest BCUT2D eigenvalue weighted by Crippen LogP contribution is -2.16. The van der Waals surface area contributed by atoms with Gasteiger partial charge in [0.25, 0.3) is 15.9 Å². The minimum Gasteiger partial charge on any atom is -0.495 e. The Morgan fingerprint density at radius 1 is 1.00 bits per heavy atom. The van der Waals surface area contributed by atoms with E-state index < -0.39 is 10.0 Å². The lowest BCUT2D eigenvalue weighted by atomic mass is 10.1. The average Bonchev–Trinajstić information content (AvgIpc) is 2.74. The number of methoxy groups -OCH3 is 1.